The Morgan fingerprint density at radius 3 is 2.33 bits per heavy atom. The largest absolute Gasteiger partial charge is 0.511 e. The molecule has 1 atom stereocenters. The fourth-order valence-corrected chi connectivity index (χ4v) is 3.00. The van der Waals surface area contributed by atoms with Crippen molar-refractivity contribution in [2.45, 2.75) is 25.4 Å². The van der Waals surface area contributed by atoms with Gasteiger partial charge in [0.1, 0.15) is 17.9 Å². The molecule has 122 valence electrons. The third kappa shape index (κ3) is 2.83. The molecule has 0 radical (unpaired) electrons. The predicted octanol–water partition coefficient (Wildman–Crippen LogP) is 3.92. The van der Waals surface area contributed by atoms with Gasteiger partial charge in [0.25, 0.3) is 0 Å². The monoisotopic (exact) mass is 321 g/mol. The number of hydrogen-bond acceptors (Lipinski definition) is 4. The maximum Gasteiger partial charge on any atom is 0.343 e. The van der Waals surface area contributed by atoms with Crippen molar-refractivity contribution >= 4 is 11.7 Å². The van der Waals surface area contributed by atoms with E-state index in [1.807, 2.05) is 67.6 Å². The molecule has 2 N–H and O–H groups in total. The lowest BCUT2D eigenvalue weighted by atomic mass is 9.78. The molecule has 0 saturated carbocycles. The molecule has 1 aliphatic carbocycles. The van der Waals surface area contributed by atoms with Crippen molar-refractivity contribution in [1.29, 1.82) is 5.41 Å². The maximum absolute atomic E-state index is 12.4. The summed E-state index contributed by atoms with van der Waals surface area (Å²) < 4.78 is 5.28. The minimum Gasteiger partial charge on any atom is -0.511 e. The van der Waals surface area contributed by atoms with Gasteiger partial charge in [-0.1, -0.05) is 60.7 Å². The van der Waals surface area contributed by atoms with Gasteiger partial charge >= 0.3 is 5.97 Å². The van der Waals surface area contributed by atoms with Crippen molar-refractivity contribution in [3.8, 4) is 0 Å². The SMILES string of the molecule is CC1(c2ccccc2)CC(O)=C(C(=O)OCc2ccccc2)C1=N. The average molecular weight is 321 g/mol. The van der Waals surface area contributed by atoms with Crippen molar-refractivity contribution in [1.82, 2.24) is 0 Å². The Bertz CT molecular complexity index is 796. The van der Waals surface area contributed by atoms with Crippen LogP contribution in [0.3, 0.4) is 0 Å². The number of esters is 1. The molecule has 1 unspecified atom stereocenters. The van der Waals surface area contributed by atoms with Crippen molar-refractivity contribution in [2.75, 3.05) is 0 Å². The summed E-state index contributed by atoms with van der Waals surface area (Å²) in [5, 5.41) is 18.7. The van der Waals surface area contributed by atoms with Gasteiger partial charge in [0.2, 0.25) is 0 Å². The lowest BCUT2D eigenvalue weighted by molar-refractivity contribution is -0.139. The molecule has 2 aromatic carbocycles. The maximum atomic E-state index is 12.4. The Hall–Kier alpha value is -2.88. The number of rotatable bonds is 4. The van der Waals surface area contributed by atoms with Crippen LogP contribution < -0.4 is 0 Å². The molecule has 4 heteroatoms. The van der Waals surface area contributed by atoms with Gasteiger partial charge in [-0.25, -0.2) is 4.79 Å². The van der Waals surface area contributed by atoms with Crippen LogP contribution in [-0.2, 0) is 21.6 Å². The number of aliphatic hydroxyl groups excluding tert-OH is 1. The zero-order valence-corrected chi connectivity index (χ0v) is 13.5. The third-order valence-electron chi connectivity index (χ3n) is 4.44. The van der Waals surface area contributed by atoms with Crippen molar-refractivity contribution < 1.29 is 14.6 Å². The molecule has 0 heterocycles. The Balaban J connectivity index is 1.77. The van der Waals surface area contributed by atoms with Gasteiger partial charge in [-0.3, -0.25) is 0 Å². The number of carbonyl (C=O) groups is 1. The summed E-state index contributed by atoms with van der Waals surface area (Å²) in [7, 11) is 0. The highest BCUT2D eigenvalue weighted by molar-refractivity contribution is 6.24. The molecule has 0 aromatic heterocycles. The van der Waals surface area contributed by atoms with E-state index in [2.05, 4.69) is 0 Å². The van der Waals surface area contributed by atoms with E-state index in [4.69, 9.17) is 10.1 Å². The zero-order chi connectivity index (χ0) is 17.2. The second kappa shape index (κ2) is 6.32. The van der Waals surface area contributed by atoms with Crippen molar-refractivity contribution in [2.24, 2.45) is 0 Å². The lowest BCUT2D eigenvalue weighted by Gasteiger charge is -2.25. The molecule has 1 aliphatic rings. The van der Waals surface area contributed by atoms with Crippen molar-refractivity contribution in [3.63, 3.8) is 0 Å². The normalized spacial score (nSPS) is 20.3. The number of carbonyl (C=O) groups excluding carboxylic acids is 1. The first-order valence-electron chi connectivity index (χ1n) is 7.80. The first-order chi connectivity index (χ1) is 11.5. The summed E-state index contributed by atoms with van der Waals surface area (Å²) in [5.41, 5.74) is 1.13. The number of allylic oxidation sites excluding steroid dienone is 1. The summed E-state index contributed by atoms with van der Waals surface area (Å²) in [6.45, 7) is 1.98. The van der Waals surface area contributed by atoms with E-state index in [0.29, 0.717) is 0 Å². The van der Waals surface area contributed by atoms with Crippen LogP contribution in [0, 0.1) is 5.41 Å². The number of ether oxygens (including phenoxy) is 1. The molecule has 24 heavy (non-hydrogen) atoms. The number of aliphatic hydroxyl groups is 1. The van der Waals surface area contributed by atoms with Crippen LogP contribution >= 0.6 is 0 Å². The quantitative estimate of drug-likeness (QED) is 0.838. The van der Waals surface area contributed by atoms with Crippen molar-refractivity contribution in [3.05, 3.63) is 83.1 Å². The van der Waals surface area contributed by atoms with Gasteiger partial charge in [-0.15, -0.1) is 0 Å². The molecule has 2 aromatic rings. The Labute approximate surface area is 140 Å². The third-order valence-corrected chi connectivity index (χ3v) is 4.44. The highest BCUT2D eigenvalue weighted by Crippen LogP contribution is 2.41. The molecule has 0 spiro atoms. The summed E-state index contributed by atoms with van der Waals surface area (Å²) in [6.07, 6.45) is 0.228. The van der Waals surface area contributed by atoms with E-state index >= 15 is 0 Å². The first-order valence-corrected chi connectivity index (χ1v) is 7.80. The minimum atomic E-state index is -0.716. The molecule has 0 bridgehead atoms. The summed E-state index contributed by atoms with van der Waals surface area (Å²) >= 11 is 0. The summed E-state index contributed by atoms with van der Waals surface area (Å²) in [6, 6.07) is 18.8. The van der Waals surface area contributed by atoms with Gasteiger partial charge in [0, 0.05) is 11.8 Å². The van der Waals surface area contributed by atoms with Gasteiger partial charge in [-0.2, -0.15) is 0 Å². The van der Waals surface area contributed by atoms with E-state index in [0.717, 1.165) is 11.1 Å². The summed E-state index contributed by atoms with van der Waals surface area (Å²) in [4.78, 5) is 12.4. The second-order valence-corrected chi connectivity index (χ2v) is 6.13. The van der Waals surface area contributed by atoms with E-state index in [1.165, 1.54) is 0 Å². The number of nitrogens with one attached hydrogen (secondary N) is 1. The molecule has 0 amide bonds. The van der Waals surface area contributed by atoms with Gasteiger partial charge in [0.05, 0.1) is 5.71 Å². The molecule has 0 aliphatic heterocycles. The van der Waals surface area contributed by atoms with E-state index in [1.54, 1.807) is 0 Å². The van der Waals surface area contributed by atoms with Gasteiger partial charge < -0.3 is 15.3 Å². The number of hydrogen-bond donors (Lipinski definition) is 2. The average Bonchev–Trinajstić information content (AvgIpc) is 2.84. The van der Waals surface area contributed by atoms with Crippen LogP contribution in [0.1, 0.15) is 24.5 Å². The van der Waals surface area contributed by atoms with E-state index in [-0.39, 0.29) is 30.1 Å². The minimum absolute atomic E-state index is 0.0164. The Morgan fingerprint density at radius 1 is 1.12 bits per heavy atom. The van der Waals surface area contributed by atoms with Crippen LogP contribution in [-0.4, -0.2) is 16.8 Å². The predicted molar refractivity (Wildman–Crippen MR) is 92.0 cm³/mol. The first kappa shape index (κ1) is 16.0. The molecule has 0 fully saturated rings. The second-order valence-electron chi connectivity index (χ2n) is 6.13. The van der Waals surface area contributed by atoms with Crippen LogP contribution in [0.5, 0.6) is 0 Å². The van der Waals surface area contributed by atoms with Crippen LogP contribution in [0.2, 0.25) is 0 Å². The Kier molecular flexibility index (Phi) is 4.21. The van der Waals surface area contributed by atoms with E-state index < -0.39 is 11.4 Å². The van der Waals surface area contributed by atoms with Crippen LogP contribution in [0.15, 0.2) is 72.0 Å². The zero-order valence-electron chi connectivity index (χ0n) is 13.5. The standard InChI is InChI=1S/C20H19NO3/c1-20(15-10-6-3-7-11-15)12-16(22)17(18(20)21)19(23)24-13-14-8-4-2-5-9-14/h2-11,21-22H,12-13H2,1H3. The number of benzene rings is 2. The topological polar surface area (TPSA) is 70.4 Å². The summed E-state index contributed by atoms with van der Waals surface area (Å²) in [5.74, 6) is -0.731. The lowest BCUT2D eigenvalue weighted by Crippen LogP contribution is -2.30. The van der Waals surface area contributed by atoms with Gasteiger partial charge in [0.15, 0.2) is 0 Å². The smallest absolute Gasteiger partial charge is 0.343 e. The molecule has 0 saturated heterocycles. The fraction of sp³-hybridized carbons (Fsp3) is 0.200. The Morgan fingerprint density at radius 2 is 1.71 bits per heavy atom. The highest BCUT2D eigenvalue weighted by atomic mass is 16.5. The molecule has 4 nitrogen and oxygen atoms in total. The van der Waals surface area contributed by atoms with E-state index in [9.17, 15) is 9.90 Å². The van der Waals surface area contributed by atoms with Crippen LogP contribution in [0.4, 0.5) is 0 Å². The highest BCUT2D eigenvalue weighted by Gasteiger charge is 2.45. The fourth-order valence-electron chi connectivity index (χ4n) is 3.00. The molecular weight excluding hydrogens is 302 g/mol. The molecule has 3 rings (SSSR count). The molecular formula is C20H19NO3. The van der Waals surface area contributed by atoms with Gasteiger partial charge in [-0.05, 0) is 18.1 Å². The van der Waals surface area contributed by atoms with Crippen LogP contribution in [0.25, 0.3) is 0 Å².